The van der Waals surface area contributed by atoms with Crippen LogP contribution in [0, 0.1) is 0 Å². The third-order valence-corrected chi connectivity index (χ3v) is 3.58. The Bertz CT molecular complexity index is 546. The normalized spacial score (nSPS) is 18.3. The van der Waals surface area contributed by atoms with Crippen LogP contribution < -0.4 is 5.32 Å². The lowest BCUT2D eigenvalue weighted by Crippen LogP contribution is -2.47. The first-order chi connectivity index (χ1) is 10.0. The van der Waals surface area contributed by atoms with E-state index in [1.807, 2.05) is 0 Å². The van der Waals surface area contributed by atoms with Crippen molar-refractivity contribution >= 4 is 17.7 Å². The Morgan fingerprint density at radius 1 is 1.33 bits per heavy atom. The molecule has 0 spiro atoms. The number of carbonyl (C=O) groups excluding carboxylic acids is 1. The summed E-state index contributed by atoms with van der Waals surface area (Å²) in [6, 6.07) is 3.26. The molecule has 0 bridgehead atoms. The topological polar surface area (TPSA) is 110 Å². The van der Waals surface area contributed by atoms with E-state index in [2.05, 4.69) is 5.32 Å². The van der Waals surface area contributed by atoms with E-state index in [9.17, 15) is 19.8 Å². The van der Waals surface area contributed by atoms with Crippen LogP contribution >= 0.6 is 0 Å². The van der Waals surface area contributed by atoms with E-state index < -0.39 is 5.97 Å². The summed E-state index contributed by atoms with van der Waals surface area (Å²) >= 11 is 0. The van der Waals surface area contributed by atoms with E-state index in [0.29, 0.717) is 6.54 Å². The van der Waals surface area contributed by atoms with Gasteiger partial charge in [0.25, 0.3) is 0 Å². The molecule has 7 nitrogen and oxygen atoms in total. The van der Waals surface area contributed by atoms with Gasteiger partial charge in [0.05, 0.1) is 12.6 Å². The SMILES string of the molecule is O=C(O)c1cc(NC(=O)N2CCCCC2CO)ccc1O. The molecule has 1 aromatic rings. The second kappa shape index (κ2) is 6.45. The molecule has 0 radical (unpaired) electrons. The number of aliphatic hydroxyl groups excluding tert-OH is 1. The predicted molar refractivity (Wildman–Crippen MR) is 75.5 cm³/mol. The van der Waals surface area contributed by atoms with Crippen molar-refractivity contribution in [1.29, 1.82) is 0 Å². The zero-order valence-electron chi connectivity index (χ0n) is 11.5. The van der Waals surface area contributed by atoms with Crippen molar-refractivity contribution in [3.8, 4) is 5.75 Å². The fourth-order valence-corrected chi connectivity index (χ4v) is 2.44. The summed E-state index contributed by atoms with van der Waals surface area (Å²) in [6.45, 7) is 0.463. The van der Waals surface area contributed by atoms with E-state index in [0.717, 1.165) is 19.3 Å². The van der Waals surface area contributed by atoms with Crippen LogP contribution in [0.25, 0.3) is 0 Å². The number of nitrogens with one attached hydrogen (secondary N) is 1. The molecule has 2 rings (SSSR count). The van der Waals surface area contributed by atoms with Crippen LogP contribution in [-0.2, 0) is 0 Å². The van der Waals surface area contributed by atoms with Crippen LogP contribution in [0.2, 0.25) is 0 Å². The summed E-state index contributed by atoms with van der Waals surface area (Å²) in [6.07, 6.45) is 2.59. The first-order valence-corrected chi connectivity index (χ1v) is 6.77. The molecule has 1 aromatic carbocycles. The minimum Gasteiger partial charge on any atom is -0.507 e. The molecule has 2 amide bonds. The highest BCUT2D eigenvalue weighted by Crippen LogP contribution is 2.23. The second-order valence-electron chi connectivity index (χ2n) is 4.99. The number of rotatable bonds is 3. The molecule has 1 aliphatic rings. The number of urea groups is 1. The lowest BCUT2D eigenvalue weighted by atomic mass is 10.0. The molecule has 0 aliphatic carbocycles. The quantitative estimate of drug-likeness (QED) is 0.631. The molecule has 1 atom stereocenters. The van der Waals surface area contributed by atoms with E-state index in [1.54, 1.807) is 4.90 Å². The van der Waals surface area contributed by atoms with Crippen LogP contribution in [0.4, 0.5) is 10.5 Å². The molecule has 0 saturated carbocycles. The Labute approximate surface area is 121 Å². The van der Waals surface area contributed by atoms with Crippen molar-refractivity contribution in [2.45, 2.75) is 25.3 Å². The van der Waals surface area contributed by atoms with Gasteiger partial charge in [0, 0.05) is 12.2 Å². The minimum absolute atomic E-state index is 0.0939. The molecule has 1 aliphatic heterocycles. The number of aromatic hydroxyl groups is 1. The molecule has 1 saturated heterocycles. The summed E-state index contributed by atoms with van der Waals surface area (Å²) in [5.74, 6) is -1.62. The van der Waals surface area contributed by atoms with Gasteiger partial charge in [-0.2, -0.15) is 0 Å². The molecule has 1 unspecified atom stereocenters. The fourth-order valence-electron chi connectivity index (χ4n) is 2.44. The maximum Gasteiger partial charge on any atom is 0.339 e. The molecule has 1 fully saturated rings. The Balaban J connectivity index is 2.12. The predicted octanol–water partition coefficient (Wildman–Crippen LogP) is 1.47. The van der Waals surface area contributed by atoms with Gasteiger partial charge in [-0.1, -0.05) is 0 Å². The standard InChI is InChI=1S/C14H18N2O5/c17-8-10-3-1-2-6-16(10)14(21)15-9-4-5-12(18)11(7-9)13(19)20/h4-5,7,10,17-18H,1-3,6,8H2,(H,15,21)(H,19,20). The summed E-state index contributed by atoms with van der Waals surface area (Å²) in [5.41, 5.74) is 0.0163. The molecule has 0 aromatic heterocycles. The number of piperidine rings is 1. The monoisotopic (exact) mass is 294 g/mol. The summed E-state index contributed by atoms with van der Waals surface area (Å²) in [7, 11) is 0. The number of hydrogen-bond acceptors (Lipinski definition) is 4. The number of aromatic carboxylic acids is 1. The van der Waals surface area contributed by atoms with Crippen LogP contribution in [0.3, 0.4) is 0 Å². The number of amides is 2. The van der Waals surface area contributed by atoms with Crippen molar-refractivity contribution in [3.63, 3.8) is 0 Å². The highest BCUT2D eigenvalue weighted by atomic mass is 16.4. The molecule has 7 heteroatoms. The maximum absolute atomic E-state index is 12.2. The summed E-state index contributed by atoms with van der Waals surface area (Å²) in [4.78, 5) is 24.7. The largest absolute Gasteiger partial charge is 0.507 e. The first-order valence-electron chi connectivity index (χ1n) is 6.77. The number of carboxylic acids is 1. The number of nitrogens with zero attached hydrogens (tertiary/aromatic N) is 1. The van der Waals surface area contributed by atoms with Crippen molar-refractivity contribution in [1.82, 2.24) is 4.90 Å². The second-order valence-corrected chi connectivity index (χ2v) is 4.99. The van der Waals surface area contributed by atoms with Gasteiger partial charge in [0.1, 0.15) is 11.3 Å². The van der Waals surface area contributed by atoms with Crippen LogP contribution in [0.1, 0.15) is 29.6 Å². The highest BCUT2D eigenvalue weighted by Gasteiger charge is 2.26. The van der Waals surface area contributed by atoms with Gasteiger partial charge in [-0.15, -0.1) is 0 Å². The Morgan fingerprint density at radius 3 is 2.76 bits per heavy atom. The number of carbonyl (C=O) groups is 2. The van der Waals surface area contributed by atoms with Crippen LogP contribution in [-0.4, -0.2) is 51.4 Å². The van der Waals surface area contributed by atoms with Gasteiger partial charge in [0.15, 0.2) is 0 Å². The Hall–Kier alpha value is -2.28. The lowest BCUT2D eigenvalue weighted by Gasteiger charge is -2.34. The van der Waals surface area contributed by atoms with Crippen LogP contribution in [0.15, 0.2) is 18.2 Å². The smallest absolute Gasteiger partial charge is 0.339 e. The van der Waals surface area contributed by atoms with Gasteiger partial charge >= 0.3 is 12.0 Å². The third-order valence-electron chi connectivity index (χ3n) is 3.58. The molecule has 1 heterocycles. The molecular formula is C14H18N2O5. The number of carboxylic acid groups (broad SMARTS) is 1. The number of hydrogen-bond donors (Lipinski definition) is 4. The zero-order chi connectivity index (χ0) is 15.4. The number of aliphatic hydroxyl groups is 1. The molecule has 114 valence electrons. The fraction of sp³-hybridized carbons (Fsp3) is 0.429. The minimum atomic E-state index is -1.27. The lowest BCUT2D eigenvalue weighted by molar-refractivity contribution is 0.0693. The van der Waals surface area contributed by atoms with E-state index in [4.69, 9.17) is 5.11 Å². The van der Waals surface area contributed by atoms with Crippen molar-refractivity contribution < 1.29 is 24.9 Å². The first kappa shape index (κ1) is 15.1. The van der Waals surface area contributed by atoms with E-state index in [1.165, 1.54) is 18.2 Å². The third kappa shape index (κ3) is 3.43. The zero-order valence-corrected chi connectivity index (χ0v) is 11.5. The van der Waals surface area contributed by atoms with Gasteiger partial charge in [0.2, 0.25) is 0 Å². The van der Waals surface area contributed by atoms with Gasteiger partial charge in [-0.05, 0) is 37.5 Å². The number of likely N-dealkylation sites (tertiary alicyclic amines) is 1. The van der Waals surface area contributed by atoms with Crippen molar-refractivity contribution in [2.75, 3.05) is 18.5 Å². The van der Waals surface area contributed by atoms with Gasteiger partial charge in [-0.3, -0.25) is 0 Å². The van der Waals surface area contributed by atoms with E-state index >= 15 is 0 Å². The molecule has 21 heavy (non-hydrogen) atoms. The van der Waals surface area contributed by atoms with Crippen molar-refractivity contribution in [3.05, 3.63) is 23.8 Å². The maximum atomic E-state index is 12.2. The van der Waals surface area contributed by atoms with Crippen LogP contribution in [0.5, 0.6) is 5.75 Å². The van der Waals surface area contributed by atoms with Gasteiger partial charge in [-0.25, -0.2) is 9.59 Å². The average molecular weight is 294 g/mol. The van der Waals surface area contributed by atoms with Gasteiger partial charge < -0.3 is 25.5 Å². The highest BCUT2D eigenvalue weighted by molar-refractivity contribution is 5.95. The summed E-state index contributed by atoms with van der Waals surface area (Å²) < 4.78 is 0. The average Bonchev–Trinajstić information content (AvgIpc) is 2.48. The number of benzene rings is 1. The Morgan fingerprint density at radius 2 is 2.10 bits per heavy atom. The number of phenols is 1. The Kier molecular flexibility index (Phi) is 4.64. The molecular weight excluding hydrogens is 276 g/mol. The number of anilines is 1. The summed E-state index contributed by atoms with van der Waals surface area (Å²) in [5, 5.41) is 30.3. The van der Waals surface area contributed by atoms with E-state index in [-0.39, 0.29) is 35.7 Å². The molecule has 4 N–H and O–H groups in total. The van der Waals surface area contributed by atoms with Crippen molar-refractivity contribution in [2.24, 2.45) is 0 Å².